The van der Waals surface area contributed by atoms with Gasteiger partial charge in [0.1, 0.15) is 0 Å². The zero-order valence-corrected chi connectivity index (χ0v) is 21.0. The molecule has 0 aliphatic rings. The molecule has 0 aliphatic heterocycles. The van der Waals surface area contributed by atoms with Crippen molar-refractivity contribution in [2.75, 3.05) is 0 Å². The average molecular weight is 447 g/mol. The van der Waals surface area contributed by atoms with Crippen molar-refractivity contribution in [3.8, 4) is 0 Å². The highest BCUT2D eigenvalue weighted by Crippen LogP contribution is 2.31. The number of hydrogen-bond donors (Lipinski definition) is 0. The quantitative estimate of drug-likeness (QED) is 0.148. The monoisotopic (exact) mass is 446 g/mol. The van der Waals surface area contributed by atoms with Crippen molar-refractivity contribution in [2.45, 2.75) is 78.1 Å². The highest BCUT2D eigenvalue weighted by atomic mass is 14.1. The second-order valence-electron chi connectivity index (χ2n) is 10.2. The van der Waals surface area contributed by atoms with Gasteiger partial charge in [-0.15, -0.1) is 0 Å². The molecule has 0 N–H and O–H groups in total. The third-order valence-electron chi connectivity index (χ3n) is 7.47. The summed E-state index contributed by atoms with van der Waals surface area (Å²) in [6.45, 7) is 4.56. The summed E-state index contributed by atoms with van der Waals surface area (Å²) in [5, 5.41) is 10.8. The summed E-state index contributed by atoms with van der Waals surface area (Å²) in [6.07, 6.45) is 13.0. The Morgan fingerprint density at radius 3 is 1.09 bits per heavy atom. The van der Waals surface area contributed by atoms with Crippen molar-refractivity contribution in [1.82, 2.24) is 0 Å². The van der Waals surface area contributed by atoms with Crippen molar-refractivity contribution in [3.05, 3.63) is 83.9 Å². The molecule has 0 saturated carbocycles. The Balaban J connectivity index is 1.46. The van der Waals surface area contributed by atoms with E-state index in [4.69, 9.17) is 0 Å². The standard InChI is InChI=1S/C34H38/c1-3-5-7-9-11-25-13-15-27-19-31-24-34-22-30-18-26(12-10-8-6-4-2)14-16-28(30)20-32(34)23-33(31)21-29(27)17-25/h13-24H,3-12H2,1-2H3. The van der Waals surface area contributed by atoms with Crippen molar-refractivity contribution >= 4 is 43.1 Å². The molecule has 174 valence electrons. The lowest BCUT2D eigenvalue weighted by Gasteiger charge is -2.09. The SMILES string of the molecule is CCCCCCc1ccc2cc3cc4cc5cc(CCCCCC)ccc5cc4cc3cc2c1. The fourth-order valence-electron chi connectivity index (χ4n) is 5.42. The van der Waals surface area contributed by atoms with Crippen LogP contribution in [0.5, 0.6) is 0 Å². The van der Waals surface area contributed by atoms with Crippen LogP contribution in [0.4, 0.5) is 0 Å². The Morgan fingerprint density at radius 2 is 0.706 bits per heavy atom. The van der Waals surface area contributed by atoms with Crippen LogP contribution in [0.1, 0.15) is 76.3 Å². The molecule has 0 radical (unpaired) electrons. The minimum atomic E-state index is 1.19. The van der Waals surface area contributed by atoms with Crippen LogP contribution in [0.2, 0.25) is 0 Å². The summed E-state index contributed by atoms with van der Waals surface area (Å²) in [5.41, 5.74) is 2.94. The third-order valence-corrected chi connectivity index (χ3v) is 7.47. The van der Waals surface area contributed by atoms with Gasteiger partial charge in [-0.05, 0) is 116 Å². The Labute approximate surface area is 205 Å². The zero-order valence-electron chi connectivity index (χ0n) is 21.0. The Hall–Kier alpha value is -2.86. The van der Waals surface area contributed by atoms with Crippen LogP contribution in [0.15, 0.2) is 72.8 Å². The maximum atomic E-state index is 2.41. The van der Waals surface area contributed by atoms with Gasteiger partial charge in [0.15, 0.2) is 0 Å². The van der Waals surface area contributed by atoms with Crippen LogP contribution in [0, 0.1) is 0 Å². The van der Waals surface area contributed by atoms with E-state index in [0.717, 1.165) is 0 Å². The molecule has 0 atom stereocenters. The summed E-state index contributed by atoms with van der Waals surface area (Å²) >= 11 is 0. The highest BCUT2D eigenvalue weighted by molar-refractivity contribution is 6.08. The summed E-state index contributed by atoms with van der Waals surface area (Å²) in [7, 11) is 0. The molecular weight excluding hydrogens is 408 g/mol. The Kier molecular flexibility index (Phi) is 7.14. The van der Waals surface area contributed by atoms with Crippen LogP contribution in [0.3, 0.4) is 0 Å². The molecule has 0 saturated heterocycles. The van der Waals surface area contributed by atoms with E-state index in [1.54, 1.807) is 0 Å². The number of benzene rings is 5. The molecule has 34 heavy (non-hydrogen) atoms. The van der Waals surface area contributed by atoms with Gasteiger partial charge in [-0.1, -0.05) is 88.8 Å². The Bertz CT molecular complexity index is 1310. The first-order valence-electron chi connectivity index (χ1n) is 13.6. The maximum Gasteiger partial charge on any atom is -0.0171 e. The van der Waals surface area contributed by atoms with Crippen LogP contribution < -0.4 is 0 Å². The van der Waals surface area contributed by atoms with Crippen LogP contribution in [-0.4, -0.2) is 0 Å². The van der Waals surface area contributed by atoms with Crippen molar-refractivity contribution in [3.63, 3.8) is 0 Å². The molecule has 0 unspecified atom stereocenters. The second-order valence-corrected chi connectivity index (χ2v) is 10.2. The maximum absolute atomic E-state index is 2.41. The molecule has 5 rings (SSSR count). The average Bonchev–Trinajstić information content (AvgIpc) is 2.85. The summed E-state index contributed by atoms with van der Waals surface area (Å²) in [6, 6.07) is 28.4. The lowest BCUT2D eigenvalue weighted by atomic mass is 9.95. The third kappa shape index (κ3) is 5.12. The molecule has 0 bridgehead atoms. The van der Waals surface area contributed by atoms with Gasteiger partial charge < -0.3 is 0 Å². The molecule has 0 aliphatic carbocycles. The largest absolute Gasteiger partial charge is 0.0654 e. The summed E-state index contributed by atoms with van der Waals surface area (Å²) < 4.78 is 0. The molecular formula is C34H38. The summed E-state index contributed by atoms with van der Waals surface area (Å²) in [4.78, 5) is 0. The smallest absolute Gasteiger partial charge is 0.0171 e. The molecule has 0 heterocycles. The van der Waals surface area contributed by atoms with E-state index in [-0.39, 0.29) is 0 Å². The molecule has 0 heteroatoms. The topological polar surface area (TPSA) is 0 Å². The molecule has 5 aromatic carbocycles. The molecule has 0 fully saturated rings. The van der Waals surface area contributed by atoms with Crippen LogP contribution in [-0.2, 0) is 12.8 Å². The predicted octanol–water partition coefficient (Wildman–Crippen LogP) is 10.5. The normalized spacial score (nSPS) is 11.8. The van der Waals surface area contributed by atoms with E-state index >= 15 is 0 Å². The molecule has 0 amide bonds. The molecule has 0 nitrogen and oxygen atoms in total. The van der Waals surface area contributed by atoms with Gasteiger partial charge in [0.2, 0.25) is 0 Å². The number of hydrogen-bond acceptors (Lipinski definition) is 0. The Morgan fingerprint density at radius 1 is 0.353 bits per heavy atom. The van der Waals surface area contributed by atoms with Crippen molar-refractivity contribution < 1.29 is 0 Å². The van der Waals surface area contributed by atoms with E-state index in [2.05, 4.69) is 86.6 Å². The number of aryl methyl sites for hydroxylation is 2. The zero-order chi connectivity index (χ0) is 23.3. The van der Waals surface area contributed by atoms with Gasteiger partial charge in [-0.25, -0.2) is 0 Å². The minimum Gasteiger partial charge on any atom is -0.0654 e. The number of unbranched alkanes of at least 4 members (excludes halogenated alkanes) is 6. The number of rotatable bonds is 10. The first kappa shape index (κ1) is 22.9. The minimum absolute atomic E-state index is 1.19. The lowest BCUT2D eigenvalue weighted by Crippen LogP contribution is -1.87. The van der Waals surface area contributed by atoms with Gasteiger partial charge in [0, 0.05) is 0 Å². The number of fused-ring (bicyclic) bond motifs is 4. The highest BCUT2D eigenvalue weighted by Gasteiger charge is 2.05. The fraction of sp³-hybridized carbons (Fsp3) is 0.353. The first-order valence-corrected chi connectivity index (χ1v) is 13.6. The molecule has 5 aromatic rings. The van der Waals surface area contributed by atoms with Crippen molar-refractivity contribution in [2.24, 2.45) is 0 Å². The van der Waals surface area contributed by atoms with Gasteiger partial charge in [0.25, 0.3) is 0 Å². The van der Waals surface area contributed by atoms with Crippen molar-refractivity contribution in [1.29, 1.82) is 0 Å². The van der Waals surface area contributed by atoms with E-state index in [1.807, 2.05) is 0 Å². The van der Waals surface area contributed by atoms with Gasteiger partial charge in [0.05, 0.1) is 0 Å². The second kappa shape index (κ2) is 10.6. The summed E-state index contributed by atoms with van der Waals surface area (Å²) in [5.74, 6) is 0. The van der Waals surface area contributed by atoms with E-state index in [9.17, 15) is 0 Å². The van der Waals surface area contributed by atoms with Crippen LogP contribution in [0.25, 0.3) is 43.1 Å². The van der Waals surface area contributed by atoms with E-state index in [1.165, 1.54) is 118 Å². The van der Waals surface area contributed by atoms with E-state index < -0.39 is 0 Å². The predicted molar refractivity (Wildman–Crippen MR) is 152 cm³/mol. The van der Waals surface area contributed by atoms with Gasteiger partial charge >= 0.3 is 0 Å². The first-order chi connectivity index (χ1) is 16.7. The van der Waals surface area contributed by atoms with E-state index in [0.29, 0.717) is 0 Å². The fourth-order valence-corrected chi connectivity index (χ4v) is 5.42. The van der Waals surface area contributed by atoms with Gasteiger partial charge in [-0.2, -0.15) is 0 Å². The molecule has 0 spiro atoms. The van der Waals surface area contributed by atoms with Crippen LogP contribution >= 0.6 is 0 Å². The molecule has 0 aromatic heterocycles. The van der Waals surface area contributed by atoms with Gasteiger partial charge in [-0.3, -0.25) is 0 Å². The lowest BCUT2D eigenvalue weighted by molar-refractivity contribution is 0.667.